The summed E-state index contributed by atoms with van der Waals surface area (Å²) in [6, 6.07) is 15.4. The Morgan fingerprint density at radius 2 is 1.71 bits per heavy atom. The number of aliphatic carboxylic acids is 1. The molecule has 1 atom stereocenters. The van der Waals surface area contributed by atoms with Crippen molar-refractivity contribution in [1.29, 1.82) is 0 Å². The van der Waals surface area contributed by atoms with Crippen LogP contribution in [-0.2, 0) is 27.8 Å². The highest BCUT2D eigenvalue weighted by Gasteiger charge is 2.21. The van der Waals surface area contributed by atoms with E-state index in [1.165, 1.54) is 0 Å². The van der Waals surface area contributed by atoms with E-state index >= 15 is 0 Å². The molecule has 2 N–H and O–H groups in total. The van der Waals surface area contributed by atoms with Crippen molar-refractivity contribution >= 4 is 16.0 Å². The van der Waals surface area contributed by atoms with E-state index in [9.17, 15) is 13.2 Å². The van der Waals surface area contributed by atoms with Gasteiger partial charge in [-0.15, -0.1) is 0 Å². The smallest absolute Gasteiger partial charge is 0.322 e. The lowest BCUT2D eigenvalue weighted by atomic mass is 10.1. The molecule has 0 aliphatic heterocycles. The number of carbonyl (C=O) groups is 1. The zero-order valence-electron chi connectivity index (χ0n) is 13.2. The van der Waals surface area contributed by atoms with Crippen molar-refractivity contribution in [3.05, 3.63) is 65.7 Å². The second kappa shape index (κ2) is 7.94. The van der Waals surface area contributed by atoms with Gasteiger partial charge in [-0.25, -0.2) is 13.1 Å². The van der Waals surface area contributed by atoms with Crippen LogP contribution >= 0.6 is 0 Å². The van der Waals surface area contributed by atoms with Gasteiger partial charge >= 0.3 is 5.97 Å². The highest BCUT2D eigenvalue weighted by atomic mass is 32.2. The van der Waals surface area contributed by atoms with Gasteiger partial charge in [-0.3, -0.25) is 4.79 Å². The minimum atomic E-state index is -3.59. The molecule has 2 aromatic rings. The van der Waals surface area contributed by atoms with Crippen LogP contribution in [0.3, 0.4) is 0 Å². The predicted molar refractivity (Wildman–Crippen MR) is 90.3 cm³/mol. The van der Waals surface area contributed by atoms with E-state index in [-0.39, 0.29) is 6.42 Å². The number of ether oxygens (including phenoxy) is 1. The first-order valence-corrected chi connectivity index (χ1v) is 9.18. The van der Waals surface area contributed by atoms with Gasteiger partial charge in [-0.1, -0.05) is 42.5 Å². The molecule has 7 heteroatoms. The Balaban J connectivity index is 1.96. The molecule has 0 spiro atoms. The third kappa shape index (κ3) is 6.02. The fourth-order valence-electron chi connectivity index (χ4n) is 2.14. The van der Waals surface area contributed by atoms with E-state index in [2.05, 4.69) is 4.72 Å². The van der Waals surface area contributed by atoms with E-state index in [0.717, 1.165) is 11.8 Å². The molecule has 0 saturated carbocycles. The minimum Gasteiger partial charge on any atom is -0.489 e. The van der Waals surface area contributed by atoms with E-state index in [1.54, 1.807) is 24.3 Å². The number of hydrogen-bond donors (Lipinski definition) is 2. The van der Waals surface area contributed by atoms with Crippen molar-refractivity contribution in [2.24, 2.45) is 0 Å². The molecule has 0 aromatic heterocycles. The molecule has 0 heterocycles. The Labute approximate surface area is 141 Å². The predicted octanol–water partition coefficient (Wildman–Crippen LogP) is 1.81. The molecule has 0 bridgehead atoms. The second-order valence-electron chi connectivity index (χ2n) is 5.40. The summed E-state index contributed by atoms with van der Waals surface area (Å²) >= 11 is 0. The maximum atomic E-state index is 11.2. The van der Waals surface area contributed by atoms with Crippen molar-refractivity contribution in [3.8, 4) is 5.75 Å². The highest BCUT2D eigenvalue weighted by Crippen LogP contribution is 2.15. The zero-order valence-corrected chi connectivity index (χ0v) is 14.0. The molecule has 0 aliphatic rings. The fraction of sp³-hybridized carbons (Fsp3) is 0.235. The normalized spacial score (nSPS) is 12.5. The van der Waals surface area contributed by atoms with Crippen LogP contribution in [0.1, 0.15) is 11.1 Å². The first-order valence-electron chi connectivity index (χ1n) is 7.29. The van der Waals surface area contributed by atoms with Crippen LogP contribution in [0.2, 0.25) is 0 Å². The van der Waals surface area contributed by atoms with Crippen molar-refractivity contribution in [3.63, 3.8) is 0 Å². The summed E-state index contributed by atoms with van der Waals surface area (Å²) in [5.74, 6) is -0.560. The number of hydrogen-bond acceptors (Lipinski definition) is 4. The van der Waals surface area contributed by atoms with E-state index in [4.69, 9.17) is 9.84 Å². The maximum absolute atomic E-state index is 11.2. The minimum absolute atomic E-state index is 0.0569. The third-order valence-electron chi connectivity index (χ3n) is 3.27. The van der Waals surface area contributed by atoms with Gasteiger partial charge in [0.15, 0.2) is 0 Å². The average Bonchev–Trinajstić information content (AvgIpc) is 2.53. The van der Waals surface area contributed by atoms with Gasteiger partial charge in [0.2, 0.25) is 10.0 Å². The van der Waals surface area contributed by atoms with Crippen molar-refractivity contribution in [2.45, 2.75) is 19.1 Å². The Hall–Kier alpha value is -2.38. The van der Waals surface area contributed by atoms with Gasteiger partial charge < -0.3 is 9.84 Å². The van der Waals surface area contributed by atoms with E-state index < -0.39 is 22.0 Å². The van der Waals surface area contributed by atoms with Crippen LogP contribution in [0.4, 0.5) is 0 Å². The summed E-state index contributed by atoms with van der Waals surface area (Å²) in [6.45, 7) is 0.438. The number of nitrogens with one attached hydrogen (secondary N) is 1. The van der Waals surface area contributed by atoms with Crippen LogP contribution in [0.15, 0.2) is 54.6 Å². The molecule has 2 rings (SSSR count). The Bertz CT molecular complexity index is 772. The largest absolute Gasteiger partial charge is 0.489 e. The lowest BCUT2D eigenvalue weighted by molar-refractivity contribution is -0.138. The number of benzene rings is 2. The molecule has 0 aliphatic carbocycles. The van der Waals surface area contributed by atoms with Crippen molar-refractivity contribution in [1.82, 2.24) is 4.72 Å². The number of sulfonamides is 1. The zero-order chi connectivity index (χ0) is 17.6. The first kappa shape index (κ1) is 18.0. The summed E-state index contributed by atoms with van der Waals surface area (Å²) in [6.07, 6.45) is 0.991. The monoisotopic (exact) mass is 349 g/mol. The van der Waals surface area contributed by atoms with E-state index in [1.807, 2.05) is 30.3 Å². The van der Waals surface area contributed by atoms with Gasteiger partial charge in [0.25, 0.3) is 0 Å². The van der Waals surface area contributed by atoms with Gasteiger partial charge in [0.1, 0.15) is 18.4 Å². The summed E-state index contributed by atoms with van der Waals surface area (Å²) < 4.78 is 30.2. The summed E-state index contributed by atoms with van der Waals surface area (Å²) in [5.41, 5.74) is 1.75. The molecule has 0 saturated heterocycles. The number of carboxylic acids is 1. The Kier molecular flexibility index (Phi) is 5.94. The lowest BCUT2D eigenvalue weighted by Crippen LogP contribution is -2.41. The molecule has 24 heavy (non-hydrogen) atoms. The Morgan fingerprint density at radius 1 is 1.08 bits per heavy atom. The second-order valence-corrected chi connectivity index (χ2v) is 7.18. The molecule has 1 unspecified atom stereocenters. The van der Waals surface area contributed by atoms with Crippen LogP contribution in [0.25, 0.3) is 0 Å². The van der Waals surface area contributed by atoms with Gasteiger partial charge in [-0.05, 0) is 29.7 Å². The average molecular weight is 349 g/mol. The summed E-state index contributed by atoms with van der Waals surface area (Å²) in [4.78, 5) is 11.2. The fourth-order valence-corrected chi connectivity index (χ4v) is 2.84. The summed E-state index contributed by atoms with van der Waals surface area (Å²) in [5, 5.41) is 9.11. The van der Waals surface area contributed by atoms with Gasteiger partial charge in [0, 0.05) is 0 Å². The SMILES string of the molecule is CS(=O)(=O)NC(Cc1ccc(OCc2ccccc2)cc1)C(=O)O. The van der Waals surface area contributed by atoms with Crippen LogP contribution in [0, 0.1) is 0 Å². The van der Waals surface area contributed by atoms with Crippen molar-refractivity contribution in [2.75, 3.05) is 6.26 Å². The van der Waals surface area contributed by atoms with Crippen LogP contribution in [0.5, 0.6) is 5.75 Å². The van der Waals surface area contributed by atoms with Crippen molar-refractivity contribution < 1.29 is 23.1 Å². The number of rotatable bonds is 8. The molecule has 0 amide bonds. The lowest BCUT2D eigenvalue weighted by Gasteiger charge is -2.13. The Morgan fingerprint density at radius 3 is 2.25 bits per heavy atom. The third-order valence-corrected chi connectivity index (χ3v) is 3.98. The van der Waals surface area contributed by atoms with E-state index in [0.29, 0.717) is 17.9 Å². The highest BCUT2D eigenvalue weighted by molar-refractivity contribution is 7.88. The molecular weight excluding hydrogens is 330 g/mol. The molecule has 0 fully saturated rings. The van der Waals surface area contributed by atoms with Crippen LogP contribution in [-0.4, -0.2) is 31.8 Å². The molecule has 0 radical (unpaired) electrons. The molecular formula is C17H19NO5S. The molecule has 2 aromatic carbocycles. The van der Waals surface area contributed by atoms with Crippen LogP contribution < -0.4 is 9.46 Å². The topological polar surface area (TPSA) is 92.7 Å². The van der Waals surface area contributed by atoms with Gasteiger partial charge in [-0.2, -0.15) is 0 Å². The standard InChI is InChI=1S/C17H19NO5S/c1-24(21,22)18-16(17(19)20)11-13-7-9-15(10-8-13)23-12-14-5-3-2-4-6-14/h2-10,16,18H,11-12H2,1H3,(H,19,20). The molecule has 128 valence electrons. The number of carboxylic acid groups (broad SMARTS) is 1. The quantitative estimate of drug-likeness (QED) is 0.758. The first-order chi connectivity index (χ1) is 11.3. The van der Waals surface area contributed by atoms with Gasteiger partial charge in [0.05, 0.1) is 6.26 Å². The summed E-state index contributed by atoms with van der Waals surface area (Å²) in [7, 11) is -3.59. The maximum Gasteiger partial charge on any atom is 0.322 e. The molecule has 6 nitrogen and oxygen atoms in total.